The molecule has 0 bridgehead atoms. The molecule has 2 heterocycles. The van der Waals surface area contributed by atoms with Gasteiger partial charge >= 0.3 is 0 Å². The molecule has 1 aromatic carbocycles. The lowest BCUT2D eigenvalue weighted by atomic mass is 10.1. The van der Waals surface area contributed by atoms with Crippen LogP contribution in [0.2, 0.25) is 0 Å². The van der Waals surface area contributed by atoms with E-state index in [1.54, 1.807) is 0 Å². The van der Waals surface area contributed by atoms with E-state index >= 15 is 0 Å². The Morgan fingerprint density at radius 3 is 2.73 bits per heavy atom. The predicted octanol–water partition coefficient (Wildman–Crippen LogP) is 4.21. The van der Waals surface area contributed by atoms with Crippen molar-refractivity contribution in [3.8, 4) is 0 Å². The van der Waals surface area contributed by atoms with Crippen LogP contribution in [-0.4, -0.2) is 47.0 Å². The van der Waals surface area contributed by atoms with Crippen LogP contribution < -0.4 is 0 Å². The highest BCUT2D eigenvalue weighted by molar-refractivity contribution is 6.03. The molecule has 26 heavy (non-hydrogen) atoms. The summed E-state index contributed by atoms with van der Waals surface area (Å²) in [5.74, 6) is 0.0740. The van der Waals surface area contributed by atoms with Crippen LogP contribution in [0.4, 0.5) is 0 Å². The maximum Gasteiger partial charge on any atom is 0.260 e. The minimum Gasteiger partial charge on any atom is -0.352 e. The number of fused-ring (bicyclic) bond motifs is 1. The van der Waals surface area contributed by atoms with Gasteiger partial charge in [-0.1, -0.05) is 17.7 Å². The molecule has 0 fully saturated rings. The minimum atomic E-state index is 0.0740. The van der Waals surface area contributed by atoms with Gasteiger partial charge in [-0.2, -0.15) is 0 Å². The Labute approximate surface area is 156 Å². The van der Waals surface area contributed by atoms with Crippen molar-refractivity contribution in [3.05, 3.63) is 59.6 Å². The average Bonchev–Trinajstić information content (AvgIpc) is 2.97. The van der Waals surface area contributed by atoms with Crippen LogP contribution in [0.1, 0.15) is 36.2 Å². The van der Waals surface area contributed by atoms with Crippen molar-refractivity contribution in [1.29, 1.82) is 0 Å². The van der Waals surface area contributed by atoms with Crippen LogP contribution in [-0.2, 0) is 6.42 Å². The summed E-state index contributed by atoms with van der Waals surface area (Å²) in [4.78, 5) is 17.5. The topological polar surface area (TPSA) is 28.5 Å². The van der Waals surface area contributed by atoms with Gasteiger partial charge < -0.3 is 9.80 Å². The summed E-state index contributed by atoms with van der Waals surface area (Å²) in [6, 6.07) is 6.69. The summed E-state index contributed by atoms with van der Waals surface area (Å²) >= 11 is 0. The molecule has 0 spiro atoms. The molecule has 1 aliphatic heterocycles. The fraction of sp³-hybridized carbons (Fsp3) is 0.409. The molecular weight excluding hydrogens is 322 g/mol. The number of nitrogens with zero attached hydrogens (tertiary/aromatic N) is 3. The van der Waals surface area contributed by atoms with Gasteiger partial charge in [-0.15, -0.1) is 0 Å². The van der Waals surface area contributed by atoms with E-state index in [0.717, 1.165) is 24.1 Å². The van der Waals surface area contributed by atoms with E-state index in [2.05, 4.69) is 75.1 Å². The molecule has 0 atom stereocenters. The highest BCUT2D eigenvalue weighted by Crippen LogP contribution is 2.26. The summed E-state index contributed by atoms with van der Waals surface area (Å²) in [5, 5.41) is 1.19. The fourth-order valence-electron chi connectivity index (χ4n) is 3.32. The molecule has 2 aromatic rings. The Kier molecular flexibility index (Phi) is 5.33. The zero-order valence-electron chi connectivity index (χ0n) is 16.5. The molecule has 0 unspecified atom stereocenters. The van der Waals surface area contributed by atoms with Crippen LogP contribution in [0, 0.1) is 6.92 Å². The first-order valence-electron chi connectivity index (χ1n) is 9.31. The van der Waals surface area contributed by atoms with Gasteiger partial charge in [-0.25, -0.2) is 0 Å². The Morgan fingerprint density at radius 1 is 1.27 bits per heavy atom. The number of rotatable bonds is 5. The number of likely N-dealkylation sites (N-methyl/N-ethyl adjacent to an activating group) is 1. The summed E-state index contributed by atoms with van der Waals surface area (Å²) in [5.41, 5.74) is 4.29. The summed E-state index contributed by atoms with van der Waals surface area (Å²) < 4.78 is 1.84. The third kappa shape index (κ3) is 3.75. The first-order valence-corrected chi connectivity index (χ1v) is 9.31. The summed E-state index contributed by atoms with van der Waals surface area (Å²) in [6.07, 6.45) is 9.77. The van der Waals surface area contributed by atoms with Crippen molar-refractivity contribution in [2.24, 2.45) is 0 Å². The lowest BCUT2D eigenvalue weighted by molar-refractivity contribution is 0.0954. The Balaban J connectivity index is 2.00. The fourth-order valence-corrected chi connectivity index (χ4v) is 3.32. The number of benzene rings is 1. The van der Waals surface area contributed by atoms with Crippen LogP contribution in [0.25, 0.3) is 10.9 Å². The number of carbonyl (C=O) groups excluding carboxylic acids is 1. The molecule has 0 saturated heterocycles. The Bertz CT molecular complexity index is 871. The summed E-state index contributed by atoms with van der Waals surface area (Å²) in [6.45, 7) is 7.32. The van der Waals surface area contributed by atoms with E-state index in [1.807, 2.05) is 17.0 Å². The van der Waals surface area contributed by atoms with Gasteiger partial charge in [0.25, 0.3) is 5.91 Å². The zero-order chi connectivity index (χ0) is 18.8. The molecule has 0 radical (unpaired) electrons. The molecule has 3 rings (SSSR count). The van der Waals surface area contributed by atoms with E-state index in [0.29, 0.717) is 12.5 Å². The molecule has 138 valence electrons. The molecule has 1 aliphatic rings. The van der Waals surface area contributed by atoms with Crippen molar-refractivity contribution in [2.45, 2.75) is 39.7 Å². The first-order chi connectivity index (χ1) is 12.4. The Morgan fingerprint density at radius 2 is 2.04 bits per heavy atom. The van der Waals surface area contributed by atoms with Gasteiger partial charge in [-0.05, 0) is 65.4 Å². The van der Waals surface area contributed by atoms with Crippen molar-refractivity contribution >= 4 is 16.8 Å². The van der Waals surface area contributed by atoms with Gasteiger partial charge in [-0.3, -0.25) is 9.36 Å². The van der Waals surface area contributed by atoms with Crippen LogP contribution >= 0.6 is 0 Å². The van der Waals surface area contributed by atoms with Crippen LogP contribution in [0.3, 0.4) is 0 Å². The van der Waals surface area contributed by atoms with E-state index in [4.69, 9.17) is 0 Å². The van der Waals surface area contributed by atoms with E-state index in [-0.39, 0.29) is 5.91 Å². The normalized spacial score (nSPS) is 14.6. The predicted molar refractivity (Wildman–Crippen MR) is 108 cm³/mol. The standard InChI is InChI=1S/C22H29N3O/c1-16(2)24-11-6-7-19(14-24)22(26)25-15-18(10-12-23(4)5)20-13-17(3)8-9-21(20)25/h6,8-9,11,13-16H,7,10,12H2,1-5H3. The van der Waals surface area contributed by atoms with Gasteiger partial charge in [0, 0.05) is 42.1 Å². The third-order valence-electron chi connectivity index (χ3n) is 4.88. The quantitative estimate of drug-likeness (QED) is 0.808. The maximum atomic E-state index is 13.2. The molecule has 0 amide bonds. The number of aromatic nitrogens is 1. The largest absolute Gasteiger partial charge is 0.352 e. The minimum absolute atomic E-state index is 0.0740. The van der Waals surface area contributed by atoms with Gasteiger partial charge in [0.1, 0.15) is 0 Å². The SMILES string of the molecule is Cc1ccc2c(c1)c(CCN(C)C)cn2C(=O)C1=CN(C(C)C)C=CC1. The van der Waals surface area contributed by atoms with Crippen LogP contribution in [0.15, 0.2) is 48.4 Å². The number of hydrogen-bond donors (Lipinski definition) is 0. The second-order valence-corrected chi connectivity index (χ2v) is 7.69. The molecule has 0 saturated carbocycles. The lowest BCUT2D eigenvalue weighted by Gasteiger charge is -2.24. The highest BCUT2D eigenvalue weighted by atomic mass is 16.2. The van der Waals surface area contributed by atoms with Gasteiger partial charge in [0.2, 0.25) is 0 Å². The molecule has 4 nitrogen and oxygen atoms in total. The van der Waals surface area contributed by atoms with Crippen LogP contribution in [0.5, 0.6) is 0 Å². The molecule has 1 aromatic heterocycles. The van der Waals surface area contributed by atoms with Crippen molar-refractivity contribution in [3.63, 3.8) is 0 Å². The van der Waals surface area contributed by atoms with Gasteiger partial charge in [0.05, 0.1) is 5.52 Å². The molecule has 4 heteroatoms. The van der Waals surface area contributed by atoms with E-state index in [1.165, 1.54) is 16.5 Å². The number of allylic oxidation sites excluding steroid dienone is 2. The third-order valence-corrected chi connectivity index (χ3v) is 4.88. The monoisotopic (exact) mass is 351 g/mol. The second kappa shape index (κ2) is 7.50. The number of aryl methyl sites for hydroxylation is 1. The highest BCUT2D eigenvalue weighted by Gasteiger charge is 2.19. The molecule has 0 aliphatic carbocycles. The van der Waals surface area contributed by atoms with Crippen molar-refractivity contribution in [2.75, 3.05) is 20.6 Å². The lowest BCUT2D eigenvalue weighted by Crippen LogP contribution is -2.24. The van der Waals surface area contributed by atoms with Crippen molar-refractivity contribution < 1.29 is 4.79 Å². The van der Waals surface area contributed by atoms with Crippen molar-refractivity contribution in [1.82, 2.24) is 14.4 Å². The molecular formula is C22H29N3O. The average molecular weight is 351 g/mol. The maximum absolute atomic E-state index is 13.2. The molecule has 0 N–H and O–H groups in total. The number of hydrogen-bond acceptors (Lipinski definition) is 3. The first kappa shape index (κ1) is 18.5. The van der Waals surface area contributed by atoms with E-state index < -0.39 is 0 Å². The number of carbonyl (C=O) groups is 1. The summed E-state index contributed by atoms with van der Waals surface area (Å²) in [7, 11) is 4.16. The van der Waals surface area contributed by atoms with Gasteiger partial charge in [0.15, 0.2) is 0 Å². The second-order valence-electron chi connectivity index (χ2n) is 7.69. The van der Waals surface area contributed by atoms with E-state index in [9.17, 15) is 4.79 Å². The Hall–Kier alpha value is -2.33. The zero-order valence-corrected chi connectivity index (χ0v) is 16.5. The smallest absolute Gasteiger partial charge is 0.260 e.